The monoisotopic (exact) mass is 289 g/mol. The van der Waals surface area contributed by atoms with Crippen LogP contribution >= 0.6 is 0 Å². The lowest BCUT2D eigenvalue weighted by atomic mass is 9.75. The van der Waals surface area contributed by atoms with Crippen molar-refractivity contribution in [3.8, 4) is 0 Å². The van der Waals surface area contributed by atoms with Gasteiger partial charge in [-0.25, -0.2) is 0 Å². The van der Waals surface area contributed by atoms with Gasteiger partial charge in [-0.15, -0.1) is 0 Å². The lowest BCUT2D eigenvalue weighted by Gasteiger charge is -2.34. The van der Waals surface area contributed by atoms with Crippen LogP contribution in [0.3, 0.4) is 0 Å². The maximum Gasteiger partial charge on any atom is 0.170 e. The third kappa shape index (κ3) is 4.21. The molecule has 0 heterocycles. The van der Waals surface area contributed by atoms with Gasteiger partial charge in [-0.1, -0.05) is 31.1 Å². The molecule has 1 saturated carbocycles. The van der Waals surface area contributed by atoms with Crippen LogP contribution in [0.15, 0.2) is 23.4 Å². The third-order valence-electron chi connectivity index (χ3n) is 4.67. The summed E-state index contributed by atoms with van der Waals surface area (Å²) in [6.45, 7) is 7.67. The zero-order chi connectivity index (χ0) is 15.5. The van der Waals surface area contributed by atoms with Crippen LogP contribution < -0.4 is 11.1 Å². The molecule has 1 aliphatic rings. The van der Waals surface area contributed by atoms with Gasteiger partial charge in [0, 0.05) is 18.2 Å². The van der Waals surface area contributed by atoms with Crippen molar-refractivity contribution in [1.82, 2.24) is 5.32 Å². The average Bonchev–Trinajstić information content (AvgIpc) is 2.46. The number of aryl methyl sites for hydroxylation is 1. The average molecular weight is 289 g/mol. The Morgan fingerprint density at radius 2 is 2.05 bits per heavy atom. The van der Waals surface area contributed by atoms with Gasteiger partial charge in [0.1, 0.15) is 0 Å². The first-order valence-electron chi connectivity index (χ1n) is 7.72. The second kappa shape index (κ2) is 6.48. The molecule has 116 valence electrons. The van der Waals surface area contributed by atoms with Gasteiger partial charge in [-0.3, -0.25) is 0 Å². The number of hydrogen-bond donors (Lipinski definition) is 3. The molecule has 0 amide bonds. The number of nitrogens with one attached hydrogen (secondary N) is 1. The van der Waals surface area contributed by atoms with Gasteiger partial charge in [-0.05, 0) is 55.2 Å². The molecule has 21 heavy (non-hydrogen) atoms. The predicted molar refractivity (Wildman–Crippen MR) is 86.6 cm³/mol. The molecule has 1 aromatic carbocycles. The van der Waals surface area contributed by atoms with Crippen LogP contribution in [-0.2, 0) is 6.54 Å². The highest BCUT2D eigenvalue weighted by molar-refractivity contribution is 5.97. The molecule has 0 aliphatic heterocycles. The van der Waals surface area contributed by atoms with E-state index >= 15 is 0 Å². The van der Waals surface area contributed by atoms with Crippen LogP contribution in [0.2, 0.25) is 0 Å². The minimum absolute atomic E-state index is 0.159. The fraction of sp³-hybridized carbons (Fsp3) is 0.588. The first kappa shape index (κ1) is 15.8. The summed E-state index contributed by atoms with van der Waals surface area (Å²) >= 11 is 0. The largest absolute Gasteiger partial charge is 0.409 e. The highest BCUT2D eigenvalue weighted by Crippen LogP contribution is 2.35. The number of nitrogens with zero attached hydrogens (tertiary/aromatic N) is 1. The number of nitrogens with two attached hydrogens (primary N) is 1. The van der Waals surface area contributed by atoms with Gasteiger partial charge in [0.05, 0.1) is 0 Å². The highest BCUT2D eigenvalue weighted by Gasteiger charge is 2.26. The Morgan fingerprint density at radius 1 is 1.38 bits per heavy atom. The molecule has 1 fully saturated rings. The first-order chi connectivity index (χ1) is 9.91. The van der Waals surface area contributed by atoms with E-state index < -0.39 is 0 Å². The van der Waals surface area contributed by atoms with E-state index in [4.69, 9.17) is 10.9 Å². The van der Waals surface area contributed by atoms with Crippen molar-refractivity contribution in [2.75, 3.05) is 0 Å². The molecular weight excluding hydrogens is 262 g/mol. The zero-order valence-electron chi connectivity index (χ0n) is 13.3. The summed E-state index contributed by atoms with van der Waals surface area (Å²) in [5.41, 5.74) is 9.33. The molecule has 0 unspecified atom stereocenters. The van der Waals surface area contributed by atoms with Crippen LogP contribution in [0.5, 0.6) is 0 Å². The summed E-state index contributed by atoms with van der Waals surface area (Å²) in [4.78, 5) is 0. The summed E-state index contributed by atoms with van der Waals surface area (Å²) in [7, 11) is 0. The molecule has 0 saturated heterocycles. The molecule has 1 aromatic rings. The van der Waals surface area contributed by atoms with Gasteiger partial charge in [-0.2, -0.15) is 0 Å². The Bertz CT molecular complexity index is 513. The van der Waals surface area contributed by atoms with Gasteiger partial charge in [0.2, 0.25) is 0 Å². The predicted octanol–water partition coefficient (Wildman–Crippen LogP) is 3.15. The molecule has 4 nitrogen and oxygen atoms in total. The number of hydrogen-bond acceptors (Lipinski definition) is 3. The number of rotatable bonds is 4. The maximum atomic E-state index is 8.71. The molecule has 4 N–H and O–H groups in total. The summed E-state index contributed by atoms with van der Waals surface area (Å²) in [5, 5.41) is 15.4. The van der Waals surface area contributed by atoms with E-state index in [9.17, 15) is 0 Å². The van der Waals surface area contributed by atoms with E-state index in [-0.39, 0.29) is 5.84 Å². The summed E-state index contributed by atoms with van der Waals surface area (Å²) < 4.78 is 0. The summed E-state index contributed by atoms with van der Waals surface area (Å²) in [6.07, 6.45) is 5.11. The Morgan fingerprint density at radius 3 is 2.62 bits per heavy atom. The quantitative estimate of drug-likeness (QED) is 0.345. The second-order valence-electron chi connectivity index (χ2n) is 6.95. The Hall–Kier alpha value is -1.55. The summed E-state index contributed by atoms with van der Waals surface area (Å²) in [5.74, 6) is 0.159. The Labute approximate surface area is 127 Å². The van der Waals surface area contributed by atoms with Crippen LogP contribution in [-0.4, -0.2) is 17.1 Å². The topological polar surface area (TPSA) is 70.6 Å². The fourth-order valence-electron chi connectivity index (χ4n) is 2.97. The third-order valence-corrected chi connectivity index (χ3v) is 4.67. The zero-order valence-corrected chi connectivity index (χ0v) is 13.3. The van der Waals surface area contributed by atoms with Crippen molar-refractivity contribution in [3.63, 3.8) is 0 Å². The molecule has 2 rings (SSSR count). The van der Waals surface area contributed by atoms with E-state index in [0.29, 0.717) is 11.5 Å². The van der Waals surface area contributed by atoms with Crippen LogP contribution in [0, 0.1) is 12.3 Å². The standard InChI is InChI=1S/C17H27N3O/c1-12-10-13(16(18)20-21)4-5-14(12)11-19-15-6-8-17(2,3)9-7-15/h4-5,10,15,19,21H,6-9,11H2,1-3H3,(H2,18,20). The minimum atomic E-state index is 0.159. The highest BCUT2D eigenvalue weighted by atomic mass is 16.4. The van der Waals surface area contributed by atoms with Crippen LogP contribution in [0.1, 0.15) is 56.2 Å². The van der Waals surface area contributed by atoms with Crippen molar-refractivity contribution >= 4 is 5.84 Å². The molecule has 0 bridgehead atoms. The molecule has 0 radical (unpaired) electrons. The molecular formula is C17H27N3O. The van der Waals surface area contributed by atoms with Gasteiger partial charge >= 0.3 is 0 Å². The lowest BCUT2D eigenvalue weighted by molar-refractivity contribution is 0.206. The Balaban J connectivity index is 1.92. The molecule has 4 heteroatoms. The lowest BCUT2D eigenvalue weighted by Crippen LogP contribution is -2.35. The van der Waals surface area contributed by atoms with Gasteiger partial charge in [0.15, 0.2) is 5.84 Å². The van der Waals surface area contributed by atoms with Crippen LogP contribution in [0.25, 0.3) is 0 Å². The number of amidine groups is 1. The van der Waals surface area contributed by atoms with Crippen molar-refractivity contribution < 1.29 is 5.21 Å². The van der Waals surface area contributed by atoms with E-state index in [0.717, 1.165) is 12.1 Å². The van der Waals surface area contributed by atoms with E-state index in [1.807, 2.05) is 12.1 Å². The Kier molecular flexibility index (Phi) is 4.88. The fourth-order valence-corrected chi connectivity index (χ4v) is 2.97. The molecule has 0 spiro atoms. The molecule has 0 aromatic heterocycles. The van der Waals surface area contributed by atoms with E-state index in [2.05, 4.69) is 37.3 Å². The van der Waals surface area contributed by atoms with Crippen molar-refractivity contribution in [1.29, 1.82) is 0 Å². The minimum Gasteiger partial charge on any atom is -0.409 e. The van der Waals surface area contributed by atoms with E-state index in [1.165, 1.54) is 36.8 Å². The van der Waals surface area contributed by atoms with Gasteiger partial charge in [0.25, 0.3) is 0 Å². The van der Waals surface area contributed by atoms with Crippen molar-refractivity contribution in [2.45, 2.75) is 59.0 Å². The smallest absolute Gasteiger partial charge is 0.170 e. The SMILES string of the molecule is Cc1cc(/C(N)=N/O)ccc1CNC1CCC(C)(C)CC1. The number of oxime groups is 1. The van der Waals surface area contributed by atoms with Crippen LogP contribution in [0.4, 0.5) is 0 Å². The molecule has 1 aliphatic carbocycles. The van der Waals surface area contributed by atoms with Crippen molar-refractivity contribution in [2.24, 2.45) is 16.3 Å². The summed E-state index contributed by atoms with van der Waals surface area (Å²) in [6, 6.07) is 6.56. The van der Waals surface area contributed by atoms with Crippen molar-refractivity contribution in [3.05, 3.63) is 34.9 Å². The first-order valence-corrected chi connectivity index (χ1v) is 7.72. The van der Waals surface area contributed by atoms with E-state index in [1.54, 1.807) is 0 Å². The molecule has 0 atom stereocenters. The maximum absolute atomic E-state index is 8.71. The number of benzene rings is 1. The second-order valence-corrected chi connectivity index (χ2v) is 6.95. The normalized spacial score (nSPS) is 19.7. The van der Waals surface area contributed by atoms with Gasteiger partial charge < -0.3 is 16.3 Å².